The molecule has 26 heavy (non-hydrogen) atoms. The molecule has 0 amide bonds. The summed E-state index contributed by atoms with van der Waals surface area (Å²) in [6.45, 7) is 0. The number of rotatable bonds is 2. The zero-order chi connectivity index (χ0) is 18.3. The molecule has 1 N–H and O–H groups in total. The van der Waals surface area contributed by atoms with Crippen molar-refractivity contribution in [3.63, 3.8) is 0 Å². The van der Waals surface area contributed by atoms with E-state index < -0.39 is 11.7 Å². The predicted molar refractivity (Wildman–Crippen MR) is 86.7 cm³/mol. The molecular weight excluding hydrogens is 345 g/mol. The van der Waals surface area contributed by atoms with Crippen molar-refractivity contribution in [2.24, 2.45) is 0 Å². The second-order valence-electron chi connectivity index (χ2n) is 5.57. The maximum absolute atomic E-state index is 12.9. The Balaban J connectivity index is 1.79. The quantitative estimate of drug-likeness (QED) is 0.562. The van der Waals surface area contributed by atoms with Crippen LogP contribution in [-0.4, -0.2) is 15.4 Å². The molecule has 0 spiro atoms. The molecule has 128 valence electrons. The first-order valence-corrected chi connectivity index (χ1v) is 7.48. The molecule has 0 aliphatic carbocycles. The number of alkyl halides is 3. The zero-order valence-corrected chi connectivity index (χ0v) is 13.0. The van der Waals surface area contributed by atoms with Crippen LogP contribution in [0.5, 0.6) is 0 Å². The molecule has 0 saturated carbocycles. The van der Waals surface area contributed by atoms with Gasteiger partial charge in [-0.3, -0.25) is 0 Å². The Morgan fingerprint density at radius 2 is 1.81 bits per heavy atom. The Kier molecular flexibility index (Phi) is 3.51. The predicted octanol–water partition coefficient (Wildman–Crippen LogP) is 4.78. The molecule has 0 unspecified atom stereocenters. The topological polar surface area (TPSA) is 78.5 Å². The molecule has 4 rings (SSSR count). The Morgan fingerprint density at radius 3 is 2.58 bits per heavy atom. The third-order valence-corrected chi connectivity index (χ3v) is 3.93. The van der Waals surface area contributed by atoms with E-state index >= 15 is 0 Å². The fourth-order valence-electron chi connectivity index (χ4n) is 2.70. The molecule has 2 aromatic carbocycles. The summed E-state index contributed by atoms with van der Waals surface area (Å²) < 4.78 is 44.4. The van der Waals surface area contributed by atoms with Gasteiger partial charge in [-0.25, -0.2) is 0 Å². The maximum atomic E-state index is 12.9. The number of nitriles is 1. The minimum Gasteiger partial charge on any atom is -0.454 e. The first-order valence-electron chi connectivity index (χ1n) is 7.48. The minimum absolute atomic E-state index is 0.0992. The van der Waals surface area contributed by atoms with Crippen LogP contribution >= 0.6 is 0 Å². The molecule has 0 bridgehead atoms. The second kappa shape index (κ2) is 5.74. The molecule has 5 nitrogen and oxygen atoms in total. The van der Waals surface area contributed by atoms with Gasteiger partial charge >= 0.3 is 6.18 Å². The average Bonchev–Trinajstić information content (AvgIpc) is 3.26. The van der Waals surface area contributed by atoms with Crippen molar-refractivity contribution in [3.8, 4) is 28.7 Å². The Bertz CT molecular complexity index is 1150. The number of halogens is 3. The highest BCUT2D eigenvalue weighted by atomic mass is 19.4. The molecule has 2 heterocycles. The smallest absolute Gasteiger partial charge is 0.416 e. The van der Waals surface area contributed by atoms with E-state index in [1.165, 1.54) is 6.07 Å². The van der Waals surface area contributed by atoms with Crippen LogP contribution in [0.3, 0.4) is 0 Å². The van der Waals surface area contributed by atoms with Crippen molar-refractivity contribution >= 4 is 11.0 Å². The SMILES string of the molecule is N#Cc1n[nH]nc1-c1cc2cc(-c3cccc(C(F)(F)F)c3)ccc2o1. The zero-order valence-electron chi connectivity index (χ0n) is 13.0. The van der Waals surface area contributed by atoms with E-state index in [1.54, 1.807) is 30.3 Å². The van der Waals surface area contributed by atoms with Crippen LogP contribution in [-0.2, 0) is 6.18 Å². The number of hydrogen-bond donors (Lipinski definition) is 1. The van der Waals surface area contributed by atoms with Gasteiger partial charge in [0.2, 0.25) is 0 Å². The maximum Gasteiger partial charge on any atom is 0.416 e. The lowest BCUT2D eigenvalue weighted by molar-refractivity contribution is -0.137. The van der Waals surface area contributed by atoms with Gasteiger partial charge in [0.1, 0.15) is 11.7 Å². The summed E-state index contributed by atoms with van der Waals surface area (Å²) in [6, 6.07) is 13.8. The molecular formula is C18H9F3N4O. The Morgan fingerprint density at radius 1 is 1.00 bits per heavy atom. The third-order valence-electron chi connectivity index (χ3n) is 3.93. The normalized spacial score (nSPS) is 11.6. The summed E-state index contributed by atoms with van der Waals surface area (Å²) in [6.07, 6.45) is -4.40. The molecule has 8 heteroatoms. The number of hydrogen-bond acceptors (Lipinski definition) is 4. The van der Waals surface area contributed by atoms with Gasteiger partial charge in [-0.1, -0.05) is 18.2 Å². The molecule has 0 aliphatic heterocycles. The molecule has 0 atom stereocenters. The summed E-state index contributed by atoms with van der Waals surface area (Å²) in [5.74, 6) is 0.353. The molecule has 0 radical (unpaired) electrons. The van der Waals surface area contributed by atoms with E-state index in [2.05, 4.69) is 15.4 Å². The molecule has 0 aliphatic rings. The van der Waals surface area contributed by atoms with Gasteiger partial charge in [-0.05, 0) is 41.5 Å². The second-order valence-corrected chi connectivity index (χ2v) is 5.57. The molecule has 0 fully saturated rings. The molecule has 4 aromatic rings. The number of nitrogens with one attached hydrogen (secondary N) is 1. The summed E-state index contributed by atoms with van der Waals surface area (Å²) in [5, 5.41) is 19.7. The highest BCUT2D eigenvalue weighted by Crippen LogP contribution is 2.34. The van der Waals surface area contributed by atoms with Crippen LogP contribution < -0.4 is 0 Å². The van der Waals surface area contributed by atoms with Crippen LogP contribution in [0.1, 0.15) is 11.3 Å². The highest BCUT2D eigenvalue weighted by Gasteiger charge is 2.30. The van der Waals surface area contributed by atoms with E-state index in [0.717, 1.165) is 12.1 Å². The van der Waals surface area contributed by atoms with Gasteiger partial charge in [-0.15, -0.1) is 5.10 Å². The lowest BCUT2D eigenvalue weighted by Gasteiger charge is -2.08. The van der Waals surface area contributed by atoms with Crippen molar-refractivity contribution in [2.45, 2.75) is 6.18 Å². The molecule has 0 saturated heterocycles. The first-order chi connectivity index (χ1) is 12.5. The first kappa shape index (κ1) is 15.9. The van der Waals surface area contributed by atoms with E-state index in [0.29, 0.717) is 27.9 Å². The number of nitrogens with zero attached hydrogens (tertiary/aromatic N) is 3. The van der Waals surface area contributed by atoms with Crippen LogP contribution in [0.2, 0.25) is 0 Å². The van der Waals surface area contributed by atoms with Crippen molar-refractivity contribution in [3.05, 3.63) is 59.8 Å². The standard InChI is InChI=1S/C18H9F3N4O/c19-18(20,21)13-3-1-2-10(7-13)11-4-5-15-12(6-11)8-16(26-15)17-14(9-22)23-25-24-17/h1-8H,(H,23,24,25). The summed E-state index contributed by atoms with van der Waals surface area (Å²) in [5.41, 5.74) is 1.28. The van der Waals surface area contributed by atoms with Crippen LogP contribution in [0, 0.1) is 11.3 Å². The number of aromatic nitrogens is 3. The summed E-state index contributed by atoms with van der Waals surface area (Å²) in [7, 11) is 0. The fraction of sp³-hybridized carbons (Fsp3) is 0.0556. The van der Waals surface area contributed by atoms with Crippen molar-refractivity contribution in [2.75, 3.05) is 0 Å². The van der Waals surface area contributed by atoms with Crippen molar-refractivity contribution in [1.82, 2.24) is 15.4 Å². The van der Waals surface area contributed by atoms with E-state index in [-0.39, 0.29) is 11.4 Å². The fourth-order valence-corrected chi connectivity index (χ4v) is 2.70. The van der Waals surface area contributed by atoms with E-state index in [4.69, 9.17) is 9.68 Å². The van der Waals surface area contributed by atoms with Gasteiger partial charge in [0, 0.05) is 5.39 Å². The number of benzene rings is 2. The van der Waals surface area contributed by atoms with Gasteiger partial charge < -0.3 is 4.42 Å². The van der Waals surface area contributed by atoms with Gasteiger partial charge in [0.05, 0.1) is 5.56 Å². The Hall–Kier alpha value is -3.60. The number of H-pyrrole nitrogens is 1. The average molecular weight is 354 g/mol. The monoisotopic (exact) mass is 354 g/mol. The van der Waals surface area contributed by atoms with Crippen molar-refractivity contribution in [1.29, 1.82) is 5.26 Å². The largest absolute Gasteiger partial charge is 0.454 e. The Labute approximate surface area is 144 Å². The number of furan rings is 1. The van der Waals surface area contributed by atoms with Crippen LogP contribution in [0.25, 0.3) is 33.6 Å². The van der Waals surface area contributed by atoms with E-state index in [9.17, 15) is 13.2 Å². The van der Waals surface area contributed by atoms with Gasteiger partial charge in [0.15, 0.2) is 17.1 Å². The van der Waals surface area contributed by atoms with Gasteiger partial charge in [0.25, 0.3) is 0 Å². The number of fused-ring (bicyclic) bond motifs is 1. The minimum atomic E-state index is -4.40. The van der Waals surface area contributed by atoms with E-state index in [1.807, 2.05) is 6.07 Å². The third kappa shape index (κ3) is 2.69. The van der Waals surface area contributed by atoms with Crippen LogP contribution in [0.15, 0.2) is 52.9 Å². The van der Waals surface area contributed by atoms with Crippen LogP contribution in [0.4, 0.5) is 13.2 Å². The lowest BCUT2D eigenvalue weighted by atomic mass is 10.0. The summed E-state index contributed by atoms with van der Waals surface area (Å²) in [4.78, 5) is 0. The summed E-state index contributed by atoms with van der Waals surface area (Å²) >= 11 is 0. The van der Waals surface area contributed by atoms with Gasteiger partial charge in [-0.2, -0.15) is 28.7 Å². The van der Waals surface area contributed by atoms with Crippen molar-refractivity contribution < 1.29 is 17.6 Å². The number of aromatic amines is 1. The lowest BCUT2D eigenvalue weighted by Crippen LogP contribution is -2.04. The molecule has 2 aromatic heterocycles. The highest BCUT2D eigenvalue weighted by molar-refractivity contribution is 5.87.